The number of fused-ring (bicyclic) bond motifs is 7. The van der Waals surface area contributed by atoms with Crippen LogP contribution >= 0.6 is 45.3 Å². The van der Waals surface area contributed by atoms with Crippen LogP contribution < -0.4 is 0 Å². The fourth-order valence-corrected chi connectivity index (χ4v) is 10.8. The van der Waals surface area contributed by atoms with E-state index in [1.807, 2.05) is 64.4 Å². The Bertz CT molecular complexity index is 2180. The summed E-state index contributed by atoms with van der Waals surface area (Å²) in [4.78, 5) is 28.2. The molecule has 0 saturated carbocycles. The van der Waals surface area contributed by atoms with E-state index in [1.165, 1.54) is 91.4 Å². The average Bonchev–Trinajstić information content (AvgIpc) is 3.90. The number of nitrogens with zero attached hydrogens (tertiary/aromatic N) is 2. The van der Waals surface area contributed by atoms with E-state index in [9.17, 15) is 4.79 Å². The fraction of sp³-hybridized carbons (Fsp3) is 0.359. The zero-order chi connectivity index (χ0) is 32.3. The third kappa shape index (κ3) is 6.75. The van der Waals surface area contributed by atoms with Crippen molar-refractivity contribution in [1.82, 2.24) is 9.97 Å². The number of hydrogen-bond acceptors (Lipinski definition) is 8. The highest BCUT2D eigenvalue weighted by Gasteiger charge is 2.20. The number of esters is 1. The minimum atomic E-state index is -0.332. The van der Waals surface area contributed by atoms with Crippen molar-refractivity contribution in [2.75, 3.05) is 6.61 Å². The van der Waals surface area contributed by atoms with Crippen molar-refractivity contribution in [1.29, 1.82) is 0 Å². The zero-order valence-electron chi connectivity index (χ0n) is 27.3. The number of ether oxygens (including phenoxy) is 1. The largest absolute Gasteiger partial charge is 0.462 e. The molecule has 7 rings (SSSR count). The summed E-state index contributed by atoms with van der Waals surface area (Å²) in [5, 5.41) is 6.97. The zero-order valence-corrected chi connectivity index (χ0v) is 30.6. The Morgan fingerprint density at radius 2 is 1.19 bits per heavy atom. The van der Waals surface area contributed by atoms with E-state index in [4.69, 9.17) is 14.7 Å². The Kier molecular flexibility index (Phi) is 10.0. The van der Waals surface area contributed by atoms with Crippen LogP contribution in [0.3, 0.4) is 0 Å². The van der Waals surface area contributed by atoms with Gasteiger partial charge in [0.2, 0.25) is 0 Å². The maximum atomic E-state index is 12.6. The monoisotopic (exact) mass is 696 g/mol. The van der Waals surface area contributed by atoms with Gasteiger partial charge in [-0.2, -0.15) is 0 Å². The predicted octanol–water partition coefficient (Wildman–Crippen LogP) is 13.1. The Labute approximate surface area is 292 Å². The second-order valence-electron chi connectivity index (χ2n) is 12.3. The summed E-state index contributed by atoms with van der Waals surface area (Å²) in [6, 6.07) is 15.0. The van der Waals surface area contributed by atoms with Gasteiger partial charge in [0.1, 0.15) is 0 Å². The normalized spacial score (nSPS) is 11.9. The number of unbranched alkanes of at least 4 members (excludes halogenated alkanes) is 6. The molecule has 2 aromatic carbocycles. The van der Waals surface area contributed by atoms with Crippen LogP contribution in [0.5, 0.6) is 0 Å². The fourth-order valence-electron chi connectivity index (χ4n) is 6.27. The molecule has 47 heavy (non-hydrogen) atoms. The molecule has 0 fully saturated rings. The standard InChI is InChI=1S/C39H40N2O2S4/c1-4-7-9-11-13-24-17-31(44-22-24)33-20-27-35-36(41-30-19-26(39(42)43-6-3)15-16-29(30)40-35)28-21-34(47-38(28)37(27)46-33)32-18-25(23-45-32)14-12-10-8-5-2/h15-23H,4-14H2,1-3H3. The van der Waals surface area contributed by atoms with Gasteiger partial charge in [-0.15, -0.1) is 45.3 Å². The van der Waals surface area contributed by atoms with E-state index in [2.05, 4.69) is 48.9 Å². The molecule has 0 aliphatic heterocycles. The number of benzene rings is 2. The predicted molar refractivity (Wildman–Crippen MR) is 206 cm³/mol. The number of aromatic nitrogens is 2. The van der Waals surface area contributed by atoms with Gasteiger partial charge in [-0.3, -0.25) is 0 Å². The quantitative estimate of drug-likeness (QED) is 0.0645. The van der Waals surface area contributed by atoms with Gasteiger partial charge < -0.3 is 4.74 Å². The van der Waals surface area contributed by atoms with Gasteiger partial charge in [-0.25, -0.2) is 14.8 Å². The first-order valence-corrected chi connectivity index (χ1v) is 20.4. The number of hydrogen-bond donors (Lipinski definition) is 0. The molecule has 0 radical (unpaired) electrons. The Hall–Kier alpha value is -3.17. The van der Waals surface area contributed by atoms with Crippen LogP contribution in [0.25, 0.3) is 61.7 Å². The lowest BCUT2D eigenvalue weighted by Gasteiger charge is -2.06. The smallest absolute Gasteiger partial charge is 0.338 e. The van der Waals surface area contributed by atoms with Gasteiger partial charge >= 0.3 is 5.97 Å². The molecule has 5 aromatic heterocycles. The minimum Gasteiger partial charge on any atom is -0.462 e. The summed E-state index contributed by atoms with van der Waals surface area (Å²) >= 11 is 7.45. The van der Waals surface area contributed by atoms with E-state index in [0.29, 0.717) is 17.7 Å². The SMILES string of the molecule is CCCCCCc1csc(-c2cc3c4nc5ccc(C(=O)OCC)cc5nc4c4cc(-c5cc(CCCCCC)cs5)sc4c3s2)c1. The van der Waals surface area contributed by atoms with Crippen LogP contribution in [0.1, 0.15) is 93.6 Å². The van der Waals surface area contributed by atoms with Gasteiger partial charge in [-0.1, -0.05) is 52.4 Å². The molecule has 7 aromatic rings. The van der Waals surface area contributed by atoms with E-state index in [0.717, 1.165) is 40.2 Å². The second kappa shape index (κ2) is 14.5. The lowest BCUT2D eigenvalue weighted by molar-refractivity contribution is 0.0526. The van der Waals surface area contributed by atoms with E-state index < -0.39 is 0 Å². The summed E-state index contributed by atoms with van der Waals surface area (Å²) in [6.45, 7) is 6.69. The van der Waals surface area contributed by atoms with Crippen LogP contribution in [0.4, 0.5) is 0 Å². The first-order valence-electron chi connectivity index (χ1n) is 17.0. The first-order chi connectivity index (χ1) is 23.1. The molecule has 0 spiro atoms. The molecule has 0 unspecified atom stereocenters. The van der Waals surface area contributed by atoms with Crippen molar-refractivity contribution < 1.29 is 9.53 Å². The number of rotatable bonds is 14. The molecule has 0 N–H and O–H groups in total. The number of carbonyl (C=O) groups is 1. The molecule has 0 atom stereocenters. The van der Waals surface area contributed by atoms with Crippen molar-refractivity contribution >= 4 is 93.6 Å². The highest BCUT2D eigenvalue weighted by atomic mass is 32.1. The maximum Gasteiger partial charge on any atom is 0.338 e. The van der Waals surface area contributed by atoms with Crippen LogP contribution in [-0.2, 0) is 17.6 Å². The van der Waals surface area contributed by atoms with Gasteiger partial charge in [0.15, 0.2) is 0 Å². The number of carbonyl (C=O) groups excluding carboxylic acids is 1. The van der Waals surface area contributed by atoms with Gasteiger partial charge in [0, 0.05) is 30.3 Å². The van der Waals surface area contributed by atoms with Crippen LogP contribution in [0.15, 0.2) is 53.2 Å². The summed E-state index contributed by atoms with van der Waals surface area (Å²) in [7, 11) is 0. The van der Waals surface area contributed by atoms with E-state index in [1.54, 1.807) is 6.07 Å². The Morgan fingerprint density at radius 3 is 1.72 bits per heavy atom. The molecule has 0 amide bonds. The third-order valence-corrected chi connectivity index (χ3v) is 13.6. The van der Waals surface area contributed by atoms with Crippen molar-refractivity contribution in [2.24, 2.45) is 0 Å². The lowest BCUT2D eigenvalue weighted by atomic mass is 10.1. The van der Waals surface area contributed by atoms with Crippen molar-refractivity contribution in [2.45, 2.75) is 85.0 Å². The minimum absolute atomic E-state index is 0.332. The van der Waals surface area contributed by atoms with Crippen LogP contribution in [0.2, 0.25) is 0 Å². The summed E-state index contributed by atoms with van der Waals surface area (Å²) in [5.41, 5.74) is 6.70. The molecule has 0 aliphatic rings. The second-order valence-corrected chi connectivity index (χ2v) is 16.2. The molecular weight excluding hydrogens is 657 g/mol. The highest BCUT2D eigenvalue weighted by molar-refractivity contribution is 7.32. The Morgan fingerprint density at radius 1 is 0.638 bits per heavy atom. The van der Waals surface area contributed by atoms with Crippen LogP contribution in [-0.4, -0.2) is 22.5 Å². The van der Waals surface area contributed by atoms with Gasteiger partial charge in [-0.05, 0) is 97.0 Å². The van der Waals surface area contributed by atoms with E-state index >= 15 is 0 Å². The van der Waals surface area contributed by atoms with Gasteiger partial charge in [0.25, 0.3) is 0 Å². The molecule has 0 saturated heterocycles. The summed E-state index contributed by atoms with van der Waals surface area (Å²) in [6.07, 6.45) is 12.5. The molecule has 5 heterocycles. The van der Waals surface area contributed by atoms with Crippen molar-refractivity contribution in [3.63, 3.8) is 0 Å². The van der Waals surface area contributed by atoms with Crippen molar-refractivity contribution in [3.05, 3.63) is 69.9 Å². The molecular formula is C39H40N2O2S4. The maximum absolute atomic E-state index is 12.6. The molecule has 4 nitrogen and oxygen atoms in total. The van der Waals surface area contributed by atoms with Gasteiger partial charge in [0.05, 0.1) is 43.6 Å². The third-order valence-electron chi connectivity index (χ3n) is 8.79. The van der Waals surface area contributed by atoms with Crippen molar-refractivity contribution in [3.8, 4) is 19.5 Å². The number of aryl methyl sites for hydroxylation is 2. The molecule has 8 heteroatoms. The number of thiophene rings is 4. The molecule has 242 valence electrons. The topological polar surface area (TPSA) is 52.1 Å². The summed E-state index contributed by atoms with van der Waals surface area (Å²) < 4.78 is 7.83. The summed E-state index contributed by atoms with van der Waals surface area (Å²) in [5.74, 6) is -0.332. The highest BCUT2D eigenvalue weighted by Crippen LogP contribution is 2.48. The van der Waals surface area contributed by atoms with E-state index in [-0.39, 0.29) is 5.97 Å². The Balaban J connectivity index is 1.35. The first kappa shape index (κ1) is 32.4. The van der Waals surface area contributed by atoms with Crippen LogP contribution in [0, 0.1) is 0 Å². The average molecular weight is 697 g/mol. The lowest BCUT2D eigenvalue weighted by Crippen LogP contribution is -2.04. The molecule has 0 aliphatic carbocycles. The molecule has 0 bridgehead atoms.